The number of carbonyl (C=O) groups is 1. The van der Waals surface area contributed by atoms with Crippen molar-refractivity contribution in [1.29, 1.82) is 0 Å². The van der Waals surface area contributed by atoms with E-state index < -0.39 is 5.97 Å². The average molecular weight is 261 g/mol. The Morgan fingerprint density at radius 2 is 2.21 bits per heavy atom. The zero-order chi connectivity index (χ0) is 13.8. The summed E-state index contributed by atoms with van der Waals surface area (Å²) in [5.74, 6) is -0.305. The van der Waals surface area contributed by atoms with Crippen LogP contribution in [-0.4, -0.2) is 26.0 Å². The maximum absolute atomic E-state index is 11.4. The molecule has 0 amide bonds. The molecule has 0 aliphatic heterocycles. The summed E-state index contributed by atoms with van der Waals surface area (Å²) in [5.41, 5.74) is -0.331. The smallest absolute Gasteiger partial charge is 0.337 e. The molecule has 2 heterocycles. The molecular weight excluding hydrogens is 250 g/mol. The third kappa shape index (κ3) is 3.15. The molecule has 0 saturated carbocycles. The Bertz CT molecular complexity index is 666. The molecule has 0 atom stereocenters. The Morgan fingerprint density at radius 1 is 1.42 bits per heavy atom. The van der Waals surface area contributed by atoms with Gasteiger partial charge < -0.3 is 14.8 Å². The predicted molar refractivity (Wildman–Crippen MR) is 65.5 cm³/mol. The van der Waals surface area contributed by atoms with E-state index in [1.54, 1.807) is 0 Å². The zero-order valence-corrected chi connectivity index (χ0v) is 10.1. The van der Waals surface area contributed by atoms with E-state index in [4.69, 9.17) is 9.84 Å². The first-order valence-electron chi connectivity index (χ1n) is 5.55. The van der Waals surface area contributed by atoms with Crippen molar-refractivity contribution >= 4 is 5.97 Å². The summed E-state index contributed by atoms with van der Waals surface area (Å²) in [6.07, 6.45) is 3.11. The van der Waals surface area contributed by atoms with Crippen LogP contribution < -0.4 is 10.3 Å². The highest BCUT2D eigenvalue weighted by molar-refractivity contribution is 5.87. The van der Waals surface area contributed by atoms with E-state index in [1.165, 1.54) is 24.5 Å². The van der Waals surface area contributed by atoms with Gasteiger partial charge in [-0.25, -0.2) is 4.79 Å². The number of carboxylic acid groups (broad SMARTS) is 1. The van der Waals surface area contributed by atoms with Crippen LogP contribution in [0.15, 0.2) is 29.3 Å². The SMILES string of the molecule is CCc1nc(Oc2cncc(C(=O)O)c2)cc(=O)[nH]1. The van der Waals surface area contributed by atoms with Crippen LogP contribution in [0.4, 0.5) is 0 Å². The minimum Gasteiger partial charge on any atom is -0.478 e. The first kappa shape index (κ1) is 12.7. The summed E-state index contributed by atoms with van der Waals surface area (Å²) in [5, 5.41) is 8.84. The molecule has 2 N–H and O–H groups in total. The van der Waals surface area contributed by atoms with Crippen molar-refractivity contribution in [3.05, 3.63) is 46.3 Å². The summed E-state index contributed by atoms with van der Waals surface area (Å²) < 4.78 is 5.34. The van der Waals surface area contributed by atoms with Gasteiger partial charge in [0.15, 0.2) is 0 Å². The van der Waals surface area contributed by atoms with Gasteiger partial charge in [-0.2, -0.15) is 4.98 Å². The molecule has 0 saturated heterocycles. The van der Waals surface area contributed by atoms with Gasteiger partial charge >= 0.3 is 5.97 Å². The van der Waals surface area contributed by atoms with Crippen LogP contribution >= 0.6 is 0 Å². The monoisotopic (exact) mass is 261 g/mol. The molecular formula is C12H11N3O4. The maximum atomic E-state index is 11.4. The van der Waals surface area contributed by atoms with Crippen LogP contribution in [0.25, 0.3) is 0 Å². The van der Waals surface area contributed by atoms with Crippen molar-refractivity contribution < 1.29 is 14.6 Å². The molecule has 0 unspecified atom stereocenters. The molecule has 0 fully saturated rings. The van der Waals surface area contributed by atoms with E-state index in [-0.39, 0.29) is 22.8 Å². The number of aromatic nitrogens is 3. The van der Waals surface area contributed by atoms with Gasteiger partial charge in [0, 0.05) is 12.6 Å². The number of hydrogen-bond donors (Lipinski definition) is 2. The van der Waals surface area contributed by atoms with Crippen LogP contribution in [0.5, 0.6) is 11.6 Å². The van der Waals surface area contributed by atoms with Gasteiger partial charge in [0.25, 0.3) is 5.56 Å². The highest BCUT2D eigenvalue weighted by atomic mass is 16.5. The molecule has 2 aromatic heterocycles. The lowest BCUT2D eigenvalue weighted by molar-refractivity contribution is 0.0696. The van der Waals surface area contributed by atoms with Gasteiger partial charge in [0.05, 0.1) is 17.8 Å². The van der Waals surface area contributed by atoms with Crippen molar-refractivity contribution in [2.24, 2.45) is 0 Å². The molecule has 0 aliphatic carbocycles. The second-order valence-corrected chi connectivity index (χ2v) is 3.70. The number of nitrogens with one attached hydrogen (secondary N) is 1. The van der Waals surface area contributed by atoms with Gasteiger partial charge in [-0.15, -0.1) is 0 Å². The fourth-order valence-electron chi connectivity index (χ4n) is 1.42. The minimum absolute atomic E-state index is 0.00180. The Kier molecular flexibility index (Phi) is 3.56. The Balaban J connectivity index is 2.30. The molecule has 98 valence electrons. The third-order valence-corrected chi connectivity index (χ3v) is 2.28. The molecule has 0 bridgehead atoms. The number of aromatic carboxylic acids is 1. The topological polar surface area (TPSA) is 105 Å². The largest absolute Gasteiger partial charge is 0.478 e. The first-order chi connectivity index (χ1) is 9.08. The summed E-state index contributed by atoms with van der Waals surface area (Å²) >= 11 is 0. The Hall–Kier alpha value is -2.70. The number of rotatable bonds is 4. The van der Waals surface area contributed by atoms with Gasteiger partial charge in [-0.1, -0.05) is 6.92 Å². The number of aryl methyl sites for hydroxylation is 1. The fraction of sp³-hybridized carbons (Fsp3) is 0.167. The van der Waals surface area contributed by atoms with Crippen molar-refractivity contribution in [2.75, 3.05) is 0 Å². The third-order valence-electron chi connectivity index (χ3n) is 2.28. The lowest BCUT2D eigenvalue weighted by Crippen LogP contribution is -2.10. The number of ether oxygens (including phenoxy) is 1. The minimum atomic E-state index is -1.11. The van der Waals surface area contributed by atoms with Gasteiger partial charge in [0.2, 0.25) is 5.88 Å². The van der Waals surface area contributed by atoms with E-state index in [1.807, 2.05) is 6.92 Å². The van der Waals surface area contributed by atoms with E-state index in [0.29, 0.717) is 12.2 Å². The molecule has 2 aromatic rings. The van der Waals surface area contributed by atoms with Crippen LogP contribution in [0, 0.1) is 0 Å². The second kappa shape index (κ2) is 5.30. The number of pyridine rings is 1. The van der Waals surface area contributed by atoms with Crippen LogP contribution in [0.2, 0.25) is 0 Å². The number of carboxylic acids is 1. The van der Waals surface area contributed by atoms with Crippen molar-refractivity contribution in [2.45, 2.75) is 13.3 Å². The highest BCUT2D eigenvalue weighted by Crippen LogP contribution is 2.18. The molecule has 0 radical (unpaired) electrons. The Labute approximate surface area is 107 Å². The van der Waals surface area contributed by atoms with Crippen LogP contribution in [0.1, 0.15) is 23.1 Å². The molecule has 2 rings (SSSR count). The summed E-state index contributed by atoms with van der Waals surface area (Å²) in [4.78, 5) is 32.5. The zero-order valence-electron chi connectivity index (χ0n) is 10.1. The summed E-state index contributed by atoms with van der Waals surface area (Å²) in [7, 11) is 0. The molecule has 7 heteroatoms. The van der Waals surface area contributed by atoms with Gasteiger partial charge in [-0.05, 0) is 6.07 Å². The number of H-pyrrole nitrogens is 1. The molecule has 7 nitrogen and oxygen atoms in total. The van der Waals surface area contributed by atoms with E-state index >= 15 is 0 Å². The lowest BCUT2D eigenvalue weighted by atomic mass is 10.3. The van der Waals surface area contributed by atoms with E-state index in [2.05, 4.69) is 15.0 Å². The maximum Gasteiger partial charge on any atom is 0.337 e. The standard InChI is InChI=1S/C12H11N3O4/c1-2-9-14-10(16)4-11(15-9)19-8-3-7(12(17)18)5-13-6-8/h3-6H,2H2,1H3,(H,17,18)(H,14,15,16). The van der Waals surface area contributed by atoms with Crippen molar-refractivity contribution in [3.63, 3.8) is 0 Å². The summed E-state index contributed by atoms with van der Waals surface area (Å²) in [6.45, 7) is 1.84. The second-order valence-electron chi connectivity index (χ2n) is 3.70. The highest BCUT2D eigenvalue weighted by Gasteiger charge is 2.07. The Morgan fingerprint density at radius 3 is 2.89 bits per heavy atom. The normalized spacial score (nSPS) is 10.2. The molecule has 0 spiro atoms. The van der Waals surface area contributed by atoms with Gasteiger partial charge in [-0.3, -0.25) is 9.78 Å². The van der Waals surface area contributed by atoms with Gasteiger partial charge in [0.1, 0.15) is 11.6 Å². The van der Waals surface area contributed by atoms with Crippen LogP contribution in [0.3, 0.4) is 0 Å². The predicted octanol–water partition coefficient (Wildman–Crippen LogP) is 1.22. The van der Waals surface area contributed by atoms with E-state index in [9.17, 15) is 9.59 Å². The van der Waals surface area contributed by atoms with E-state index in [0.717, 1.165) is 0 Å². The molecule has 19 heavy (non-hydrogen) atoms. The first-order valence-corrected chi connectivity index (χ1v) is 5.55. The van der Waals surface area contributed by atoms with Crippen molar-refractivity contribution in [3.8, 4) is 11.6 Å². The number of nitrogens with zero attached hydrogens (tertiary/aromatic N) is 2. The summed E-state index contributed by atoms with van der Waals surface area (Å²) in [6, 6.07) is 2.50. The molecule has 0 aliphatic rings. The quantitative estimate of drug-likeness (QED) is 0.857. The fourth-order valence-corrected chi connectivity index (χ4v) is 1.42. The van der Waals surface area contributed by atoms with Crippen LogP contribution in [-0.2, 0) is 6.42 Å². The lowest BCUT2D eigenvalue weighted by Gasteiger charge is -2.05. The average Bonchev–Trinajstić information content (AvgIpc) is 2.38. The number of aromatic amines is 1. The number of hydrogen-bond acceptors (Lipinski definition) is 5. The molecule has 0 aromatic carbocycles. The van der Waals surface area contributed by atoms with Crippen molar-refractivity contribution in [1.82, 2.24) is 15.0 Å².